The van der Waals surface area contributed by atoms with E-state index in [-0.39, 0.29) is 0 Å². The standard InChI is InChI=1S/C14H24N2O/c1-4-13(16-5-2)8-7-12-9-14(17-6-3)11-15-10-12/h9-11,13,16H,4-8H2,1-3H3. The number of rotatable bonds is 8. The molecule has 0 aliphatic carbocycles. The van der Waals surface area contributed by atoms with Gasteiger partial charge in [-0.1, -0.05) is 13.8 Å². The number of nitrogens with zero attached hydrogens (tertiary/aromatic N) is 1. The molecule has 3 heteroatoms. The van der Waals surface area contributed by atoms with Gasteiger partial charge in [0.25, 0.3) is 0 Å². The fraction of sp³-hybridized carbons (Fsp3) is 0.643. The fourth-order valence-electron chi connectivity index (χ4n) is 1.93. The Balaban J connectivity index is 2.47. The van der Waals surface area contributed by atoms with Crippen LogP contribution in [0.25, 0.3) is 0 Å². The smallest absolute Gasteiger partial charge is 0.137 e. The maximum absolute atomic E-state index is 5.45. The zero-order valence-corrected chi connectivity index (χ0v) is 11.2. The van der Waals surface area contributed by atoms with E-state index in [0.717, 1.165) is 25.1 Å². The zero-order valence-electron chi connectivity index (χ0n) is 11.2. The molecule has 0 fully saturated rings. The van der Waals surface area contributed by atoms with Gasteiger partial charge in [0.2, 0.25) is 0 Å². The second-order valence-corrected chi connectivity index (χ2v) is 4.16. The van der Waals surface area contributed by atoms with Gasteiger partial charge in [0, 0.05) is 12.2 Å². The van der Waals surface area contributed by atoms with Gasteiger partial charge in [-0.05, 0) is 44.4 Å². The third-order valence-corrected chi connectivity index (χ3v) is 2.85. The normalized spacial score (nSPS) is 12.4. The molecule has 1 aromatic rings. The Hall–Kier alpha value is -1.09. The van der Waals surface area contributed by atoms with Gasteiger partial charge in [-0.15, -0.1) is 0 Å². The first-order chi connectivity index (χ1) is 8.30. The van der Waals surface area contributed by atoms with E-state index in [0.29, 0.717) is 12.6 Å². The minimum Gasteiger partial charge on any atom is -0.492 e. The summed E-state index contributed by atoms with van der Waals surface area (Å²) in [5, 5.41) is 3.49. The summed E-state index contributed by atoms with van der Waals surface area (Å²) in [7, 11) is 0. The minimum atomic E-state index is 0.607. The predicted molar refractivity (Wildman–Crippen MR) is 71.5 cm³/mol. The summed E-state index contributed by atoms with van der Waals surface area (Å²) in [6.45, 7) is 8.10. The Morgan fingerprint density at radius 1 is 1.29 bits per heavy atom. The van der Waals surface area contributed by atoms with Crippen molar-refractivity contribution in [2.45, 2.75) is 46.1 Å². The van der Waals surface area contributed by atoms with Crippen molar-refractivity contribution >= 4 is 0 Å². The van der Waals surface area contributed by atoms with Crippen LogP contribution in [0.15, 0.2) is 18.5 Å². The molecule has 1 N–H and O–H groups in total. The summed E-state index contributed by atoms with van der Waals surface area (Å²) in [4.78, 5) is 4.21. The maximum atomic E-state index is 5.45. The molecule has 96 valence electrons. The van der Waals surface area contributed by atoms with Crippen molar-refractivity contribution in [2.24, 2.45) is 0 Å². The van der Waals surface area contributed by atoms with Crippen LogP contribution in [0.4, 0.5) is 0 Å². The summed E-state index contributed by atoms with van der Waals surface area (Å²) < 4.78 is 5.45. The highest BCUT2D eigenvalue weighted by atomic mass is 16.5. The van der Waals surface area contributed by atoms with Crippen LogP contribution in [0.3, 0.4) is 0 Å². The largest absolute Gasteiger partial charge is 0.492 e. The lowest BCUT2D eigenvalue weighted by atomic mass is 10.0. The lowest BCUT2D eigenvalue weighted by molar-refractivity contribution is 0.338. The van der Waals surface area contributed by atoms with Gasteiger partial charge in [0.1, 0.15) is 5.75 Å². The third kappa shape index (κ3) is 5.18. The van der Waals surface area contributed by atoms with Crippen LogP contribution in [-0.2, 0) is 6.42 Å². The number of aromatic nitrogens is 1. The number of nitrogens with one attached hydrogen (secondary N) is 1. The van der Waals surface area contributed by atoms with E-state index in [1.807, 2.05) is 13.1 Å². The van der Waals surface area contributed by atoms with Crippen LogP contribution in [0.1, 0.15) is 39.2 Å². The SMILES string of the molecule is CCNC(CC)CCc1cncc(OCC)c1. The Kier molecular flexibility index (Phi) is 6.63. The van der Waals surface area contributed by atoms with Gasteiger partial charge in [-0.25, -0.2) is 0 Å². The Labute approximate surface area is 105 Å². The molecule has 0 aromatic carbocycles. The molecule has 0 bridgehead atoms. The van der Waals surface area contributed by atoms with Crippen LogP contribution >= 0.6 is 0 Å². The Morgan fingerprint density at radius 3 is 2.76 bits per heavy atom. The highest BCUT2D eigenvalue weighted by molar-refractivity contribution is 5.23. The van der Waals surface area contributed by atoms with E-state index in [9.17, 15) is 0 Å². The predicted octanol–water partition coefficient (Wildman–Crippen LogP) is 2.80. The topological polar surface area (TPSA) is 34.2 Å². The van der Waals surface area contributed by atoms with Crippen LogP contribution in [0, 0.1) is 0 Å². The zero-order chi connectivity index (χ0) is 12.5. The number of ether oxygens (including phenoxy) is 1. The van der Waals surface area contributed by atoms with E-state index in [4.69, 9.17) is 4.74 Å². The first-order valence-corrected chi connectivity index (χ1v) is 6.60. The van der Waals surface area contributed by atoms with Crippen molar-refractivity contribution in [1.29, 1.82) is 0 Å². The quantitative estimate of drug-likeness (QED) is 0.753. The van der Waals surface area contributed by atoms with Crippen LogP contribution in [-0.4, -0.2) is 24.2 Å². The fourth-order valence-corrected chi connectivity index (χ4v) is 1.93. The van der Waals surface area contributed by atoms with Crippen molar-refractivity contribution in [1.82, 2.24) is 10.3 Å². The van der Waals surface area contributed by atoms with Crippen molar-refractivity contribution in [3.63, 3.8) is 0 Å². The molecule has 0 aliphatic rings. The molecule has 0 aliphatic heterocycles. The van der Waals surface area contributed by atoms with Gasteiger partial charge in [0.05, 0.1) is 12.8 Å². The van der Waals surface area contributed by atoms with E-state index >= 15 is 0 Å². The number of hydrogen-bond acceptors (Lipinski definition) is 3. The average molecular weight is 236 g/mol. The van der Waals surface area contributed by atoms with Gasteiger partial charge in [-0.2, -0.15) is 0 Å². The van der Waals surface area contributed by atoms with Gasteiger partial charge < -0.3 is 10.1 Å². The first kappa shape index (κ1) is 14.0. The summed E-state index contributed by atoms with van der Waals surface area (Å²) >= 11 is 0. The Morgan fingerprint density at radius 2 is 2.12 bits per heavy atom. The van der Waals surface area contributed by atoms with Crippen LogP contribution in [0.5, 0.6) is 5.75 Å². The summed E-state index contributed by atoms with van der Waals surface area (Å²) in [6, 6.07) is 2.70. The highest BCUT2D eigenvalue weighted by Crippen LogP contribution is 2.13. The molecule has 0 saturated carbocycles. The summed E-state index contributed by atoms with van der Waals surface area (Å²) in [5.41, 5.74) is 1.26. The molecule has 1 heterocycles. The molecule has 0 saturated heterocycles. The Bertz CT molecular complexity index is 315. The summed E-state index contributed by atoms with van der Waals surface area (Å²) in [5.74, 6) is 0.876. The van der Waals surface area contributed by atoms with Crippen molar-refractivity contribution in [3.8, 4) is 5.75 Å². The first-order valence-electron chi connectivity index (χ1n) is 6.60. The third-order valence-electron chi connectivity index (χ3n) is 2.85. The molecular weight excluding hydrogens is 212 g/mol. The lowest BCUT2D eigenvalue weighted by Gasteiger charge is -2.15. The molecule has 3 nitrogen and oxygen atoms in total. The second-order valence-electron chi connectivity index (χ2n) is 4.16. The molecular formula is C14H24N2O. The molecule has 0 amide bonds. The molecule has 0 spiro atoms. The summed E-state index contributed by atoms with van der Waals surface area (Å²) in [6.07, 6.45) is 7.09. The maximum Gasteiger partial charge on any atom is 0.137 e. The molecule has 1 unspecified atom stereocenters. The van der Waals surface area contributed by atoms with E-state index < -0.39 is 0 Å². The number of pyridine rings is 1. The monoisotopic (exact) mass is 236 g/mol. The minimum absolute atomic E-state index is 0.607. The molecule has 1 aromatic heterocycles. The van der Waals surface area contributed by atoms with Gasteiger partial charge in [0.15, 0.2) is 0 Å². The van der Waals surface area contributed by atoms with E-state index in [1.165, 1.54) is 12.0 Å². The average Bonchev–Trinajstić information content (AvgIpc) is 2.35. The second kappa shape index (κ2) is 8.07. The van der Waals surface area contributed by atoms with Gasteiger partial charge >= 0.3 is 0 Å². The molecule has 17 heavy (non-hydrogen) atoms. The van der Waals surface area contributed by atoms with Crippen LogP contribution < -0.4 is 10.1 Å². The number of aryl methyl sites for hydroxylation is 1. The number of hydrogen-bond donors (Lipinski definition) is 1. The van der Waals surface area contributed by atoms with E-state index in [1.54, 1.807) is 6.20 Å². The highest BCUT2D eigenvalue weighted by Gasteiger charge is 2.05. The van der Waals surface area contributed by atoms with Gasteiger partial charge in [-0.3, -0.25) is 4.98 Å². The van der Waals surface area contributed by atoms with E-state index in [2.05, 4.69) is 30.2 Å². The lowest BCUT2D eigenvalue weighted by Crippen LogP contribution is -2.28. The van der Waals surface area contributed by atoms with Crippen molar-refractivity contribution < 1.29 is 4.74 Å². The molecule has 0 radical (unpaired) electrons. The van der Waals surface area contributed by atoms with Crippen molar-refractivity contribution in [3.05, 3.63) is 24.0 Å². The van der Waals surface area contributed by atoms with Crippen LogP contribution in [0.2, 0.25) is 0 Å². The van der Waals surface area contributed by atoms with Crippen molar-refractivity contribution in [2.75, 3.05) is 13.2 Å². The molecule has 1 rings (SSSR count). The molecule has 1 atom stereocenters.